The second-order valence-electron chi connectivity index (χ2n) is 6.63. The molecule has 0 amide bonds. The first-order valence-electron chi connectivity index (χ1n) is 9.06. The first-order valence-corrected chi connectivity index (χ1v) is 9.44. The summed E-state index contributed by atoms with van der Waals surface area (Å²) in [5.41, 5.74) is 5.49. The van der Waals surface area contributed by atoms with Crippen LogP contribution in [0, 0.1) is 0 Å². The Labute approximate surface area is 164 Å². The van der Waals surface area contributed by atoms with Crippen molar-refractivity contribution in [3.63, 3.8) is 0 Å². The highest BCUT2D eigenvalue weighted by Gasteiger charge is 2.26. The van der Waals surface area contributed by atoms with E-state index >= 15 is 0 Å². The molecule has 2 unspecified atom stereocenters. The number of para-hydroxylation sites is 1. The molecule has 3 aromatic carbocycles. The van der Waals surface area contributed by atoms with Crippen LogP contribution in [0.3, 0.4) is 0 Å². The highest BCUT2D eigenvalue weighted by atomic mass is 35.5. The third-order valence-corrected chi connectivity index (χ3v) is 4.99. The molecule has 2 atom stereocenters. The first kappa shape index (κ1) is 17.9. The maximum Gasteiger partial charge on any atom is 0.107 e. The van der Waals surface area contributed by atoms with E-state index in [0.717, 1.165) is 33.1 Å². The molecule has 0 bridgehead atoms. The van der Waals surface area contributed by atoms with Gasteiger partial charge in [0.25, 0.3) is 0 Å². The number of rotatable bonds is 5. The summed E-state index contributed by atoms with van der Waals surface area (Å²) >= 11 is 6.18. The maximum absolute atomic E-state index is 9.07. The first-order chi connectivity index (χ1) is 13.2. The number of hydrogen-bond donors (Lipinski definition) is 4. The molecule has 1 heterocycles. The van der Waals surface area contributed by atoms with Crippen molar-refractivity contribution in [1.29, 1.82) is 0 Å². The van der Waals surface area contributed by atoms with Crippen LogP contribution in [0.4, 0.5) is 11.4 Å². The highest BCUT2D eigenvalue weighted by Crippen LogP contribution is 2.34. The van der Waals surface area contributed by atoms with E-state index in [2.05, 4.69) is 34.1 Å². The minimum Gasteiger partial charge on any atom is -0.396 e. The van der Waals surface area contributed by atoms with Gasteiger partial charge in [-0.15, -0.1) is 0 Å². The van der Waals surface area contributed by atoms with Crippen LogP contribution in [0.5, 0.6) is 0 Å². The summed E-state index contributed by atoms with van der Waals surface area (Å²) in [7, 11) is 0. The molecule has 0 fully saturated rings. The van der Waals surface area contributed by atoms with Gasteiger partial charge in [0.1, 0.15) is 12.3 Å². The van der Waals surface area contributed by atoms with Crippen LogP contribution in [-0.2, 0) is 6.42 Å². The zero-order valence-corrected chi connectivity index (χ0v) is 15.6. The summed E-state index contributed by atoms with van der Waals surface area (Å²) in [5.74, 6) is 0. The van der Waals surface area contributed by atoms with Crippen molar-refractivity contribution >= 4 is 23.0 Å². The largest absolute Gasteiger partial charge is 0.396 e. The number of aliphatic hydroxyl groups is 1. The smallest absolute Gasteiger partial charge is 0.107 e. The SMILES string of the molecule is OCCc1ccc(NC2NC(c3cccc(Cl)c3)Nc3ccccc32)cc1. The number of nitrogens with one attached hydrogen (secondary N) is 3. The summed E-state index contributed by atoms with van der Waals surface area (Å²) in [4.78, 5) is 0. The monoisotopic (exact) mass is 379 g/mol. The molecule has 0 saturated heterocycles. The lowest BCUT2D eigenvalue weighted by Gasteiger charge is -2.36. The number of hydrogen-bond acceptors (Lipinski definition) is 4. The van der Waals surface area contributed by atoms with Gasteiger partial charge in [0.05, 0.1) is 0 Å². The Balaban J connectivity index is 1.60. The third-order valence-electron chi connectivity index (χ3n) is 4.75. The Morgan fingerprint density at radius 2 is 1.78 bits per heavy atom. The molecular formula is C22H22ClN3O. The van der Waals surface area contributed by atoms with Crippen molar-refractivity contribution in [2.45, 2.75) is 18.8 Å². The number of anilines is 2. The molecule has 4 N–H and O–H groups in total. The molecule has 27 heavy (non-hydrogen) atoms. The van der Waals surface area contributed by atoms with Crippen LogP contribution in [-0.4, -0.2) is 11.7 Å². The second kappa shape index (κ2) is 8.01. The third kappa shape index (κ3) is 4.08. The van der Waals surface area contributed by atoms with E-state index in [0.29, 0.717) is 6.42 Å². The molecular weight excluding hydrogens is 358 g/mol. The van der Waals surface area contributed by atoms with E-state index in [1.165, 1.54) is 0 Å². The minimum atomic E-state index is -0.0511. The lowest BCUT2D eigenvalue weighted by Crippen LogP contribution is -2.40. The summed E-state index contributed by atoms with van der Waals surface area (Å²) in [6, 6.07) is 24.3. The molecule has 3 aromatic rings. The molecule has 0 spiro atoms. The average molecular weight is 380 g/mol. The van der Waals surface area contributed by atoms with Gasteiger partial charge in [-0.05, 0) is 47.9 Å². The predicted molar refractivity (Wildman–Crippen MR) is 111 cm³/mol. The fourth-order valence-corrected chi connectivity index (χ4v) is 3.58. The van der Waals surface area contributed by atoms with Crippen LogP contribution in [0.2, 0.25) is 5.02 Å². The van der Waals surface area contributed by atoms with Gasteiger partial charge in [-0.1, -0.05) is 54.1 Å². The lowest BCUT2D eigenvalue weighted by atomic mass is 10.0. The van der Waals surface area contributed by atoms with E-state index < -0.39 is 0 Å². The van der Waals surface area contributed by atoms with Gasteiger partial charge in [-0.25, -0.2) is 0 Å². The molecule has 0 aromatic heterocycles. The van der Waals surface area contributed by atoms with E-state index in [9.17, 15) is 0 Å². The molecule has 5 heteroatoms. The number of halogens is 1. The Morgan fingerprint density at radius 1 is 0.963 bits per heavy atom. The standard InChI is InChI=1S/C22H22ClN3O/c23-17-5-3-4-16(14-17)21-25-20-7-2-1-6-19(20)22(26-21)24-18-10-8-15(9-11-18)12-13-27/h1-11,14,21-22,24-27H,12-13H2. The van der Waals surface area contributed by atoms with Crippen molar-refractivity contribution in [1.82, 2.24) is 5.32 Å². The molecule has 138 valence electrons. The molecule has 0 saturated carbocycles. The van der Waals surface area contributed by atoms with Crippen molar-refractivity contribution in [3.8, 4) is 0 Å². The molecule has 4 rings (SSSR count). The van der Waals surface area contributed by atoms with Crippen LogP contribution in [0.25, 0.3) is 0 Å². The van der Waals surface area contributed by atoms with Crippen molar-refractivity contribution < 1.29 is 5.11 Å². The fraction of sp³-hybridized carbons (Fsp3) is 0.182. The fourth-order valence-electron chi connectivity index (χ4n) is 3.38. The van der Waals surface area contributed by atoms with Gasteiger partial charge in [-0.2, -0.15) is 0 Å². The number of fused-ring (bicyclic) bond motifs is 1. The van der Waals surface area contributed by atoms with Gasteiger partial charge in [0.2, 0.25) is 0 Å². The predicted octanol–water partition coefficient (Wildman–Crippen LogP) is 4.70. The molecule has 0 radical (unpaired) electrons. The van der Waals surface area contributed by atoms with Crippen molar-refractivity contribution in [2.75, 3.05) is 17.2 Å². The highest BCUT2D eigenvalue weighted by molar-refractivity contribution is 6.30. The normalized spacial score (nSPS) is 18.4. The van der Waals surface area contributed by atoms with Gasteiger partial charge >= 0.3 is 0 Å². The Hall–Kier alpha value is -2.53. The summed E-state index contributed by atoms with van der Waals surface area (Å²) in [6.45, 7) is 0.164. The minimum absolute atomic E-state index is 0.0462. The average Bonchev–Trinajstić information content (AvgIpc) is 2.69. The van der Waals surface area contributed by atoms with Gasteiger partial charge in [-0.3, -0.25) is 5.32 Å². The van der Waals surface area contributed by atoms with Crippen LogP contribution in [0.1, 0.15) is 29.0 Å². The van der Waals surface area contributed by atoms with Crippen molar-refractivity contribution in [2.24, 2.45) is 0 Å². The lowest BCUT2D eigenvalue weighted by molar-refractivity contribution is 0.299. The molecule has 0 aliphatic carbocycles. The molecule has 4 nitrogen and oxygen atoms in total. The van der Waals surface area contributed by atoms with E-state index in [1.54, 1.807) is 0 Å². The second-order valence-corrected chi connectivity index (χ2v) is 7.07. The zero-order valence-electron chi connectivity index (χ0n) is 14.8. The Kier molecular flexibility index (Phi) is 5.30. The van der Waals surface area contributed by atoms with Gasteiger partial charge in [0, 0.05) is 28.6 Å². The van der Waals surface area contributed by atoms with E-state index in [4.69, 9.17) is 16.7 Å². The number of aliphatic hydroxyl groups excluding tert-OH is 1. The summed E-state index contributed by atoms with van der Waals surface area (Å²) in [6.07, 6.45) is 0.575. The molecule has 1 aliphatic heterocycles. The zero-order chi connectivity index (χ0) is 18.6. The quantitative estimate of drug-likeness (QED) is 0.519. The maximum atomic E-state index is 9.07. The van der Waals surface area contributed by atoms with E-state index in [1.807, 2.05) is 54.6 Å². The Morgan fingerprint density at radius 3 is 2.56 bits per heavy atom. The van der Waals surface area contributed by atoms with Crippen LogP contribution < -0.4 is 16.0 Å². The van der Waals surface area contributed by atoms with Crippen LogP contribution >= 0.6 is 11.6 Å². The summed E-state index contributed by atoms with van der Waals surface area (Å²) in [5, 5.41) is 20.5. The number of benzene rings is 3. The van der Waals surface area contributed by atoms with E-state index in [-0.39, 0.29) is 18.9 Å². The van der Waals surface area contributed by atoms with Gasteiger partial charge < -0.3 is 15.7 Å². The van der Waals surface area contributed by atoms with Gasteiger partial charge in [0.15, 0.2) is 0 Å². The van der Waals surface area contributed by atoms with Crippen molar-refractivity contribution in [3.05, 3.63) is 94.5 Å². The topological polar surface area (TPSA) is 56.3 Å². The summed E-state index contributed by atoms with van der Waals surface area (Å²) < 4.78 is 0. The van der Waals surface area contributed by atoms with Crippen LogP contribution in [0.15, 0.2) is 72.8 Å². The molecule has 1 aliphatic rings. The Bertz CT molecular complexity index is 913.